The predicted octanol–water partition coefficient (Wildman–Crippen LogP) is -0.986. The molecule has 0 saturated heterocycles. The summed E-state index contributed by atoms with van der Waals surface area (Å²) in [6, 6.07) is 8.30. The molecular weight excluding hydrogens is 211 g/mol. The van der Waals surface area contributed by atoms with E-state index in [9.17, 15) is 4.79 Å². The van der Waals surface area contributed by atoms with Crippen LogP contribution in [-0.4, -0.2) is 16.1 Å². The van der Waals surface area contributed by atoms with E-state index in [1.165, 1.54) is 0 Å². The molecular formula is C12H13LiN2O2. The molecule has 0 atom stereocenters. The Labute approximate surface area is 113 Å². The molecule has 1 heterocycles. The Morgan fingerprint density at radius 3 is 2.18 bits per heavy atom. The minimum absolute atomic E-state index is 0. The molecule has 1 aromatic carbocycles. The van der Waals surface area contributed by atoms with Crippen LogP contribution in [0.15, 0.2) is 54.9 Å². The van der Waals surface area contributed by atoms with Crippen molar-refractivity contribution in [1.82, 2.24) is 10.4 Å². The van der Waals surface area contributed by atoms with Gasteiger partial charge in [-0.25, -0.2) is 11.8 Å². The van der Waals surface area contributed by atoms with Gasteiger partial charge in [0.05, 0.1) is 5.56 Å². The van der Waals surface area contributed by atoms with Crippen LogP contribution in [0, 0.1) is 7.05 Å². The van der Waals surface area contributed by atoms with Gasteiger partial charge >= 0.3 is 24.8 Å². The number of carboxylic acids is 1. The molecule has 1 aliphatic rings. The van der Waals surface area contributed by atoms with Crippen molar-refractivity contribution in [3.63, 3.8) is 0 Å². The molecule has 0 saturated carbocycles. The van der Waals surface area contributed by atoms with Crippen molar-refractivity contribution in [2.45, 2.75) is 0 Å². The van der Waals surface area contributed by atoms with Crippen molar-refractivity contribution >= 4 is 5.97 Å². The van der Waals surface area contributed by atoms with E-state index in [2.05, 4.69) is 12.5 Å². The average molecular weight is 224 g/mol. The predicted molar refractivity (Wildman–Crippen MR) is 62.0 cm³/mol. The van der Waals surface area contributed by atoms with E-state index in [4.69, 9.17) is 5.11 Å². The van der Waals surface area contributed by atoms with Crippen LogP contribution in [0.4, 0.5) is 0 Å². The van der Waals surface area contributed by atoms with Crippen molar-refractivity contribution < 1.29 is 28.8 Å². The second-order valence-corrected chi connectivity index (χ2v) is 2.97. The number of benzene rings is 1. The van der Waals surface area contributed by atoms with Crippen LogP contribution in [0.5, 0.6) is 0 Å². The van der Waals surface area contributed by atoms with Crippen molar-refractivity contribution in [3.8, 4) is 0 Å². The number of rotatable bonds is 1. The van der Waals surface area contributed by atoms with E-state index in [0.717, 1.165) is 0 Å². The number of allylic oxidation sites excluding steroid dienone is 2. The SMILES string of the molecule is O=C(O)c1ccccc1.[CH2-]N1C=CC=CN1.[Li+]. The molecule has 5 heteroatoms. The van der Waals surface area contributed by atoms with Gasteiger partial charge in [0, 0.05) is 6.20 Å². The molecule has 4 nitrogen and oxygen atoms in total. The maximum atomic E-state index is 10.2. The smallest absolute Gasteiger partial charge is 0.478 e. The fourth-order valence-electron chi connectivity index (χ4n) is 0.972. The monoisotopic (exact) mass is 224 g/mol. The van der Waals surface area contributed by atoms with E-state index >= 15 is 0 Å². The summed E-state index contributed by atoms with van der Waals surface area (Å²) in [5.74, 6) is -0.879. The van der Waals surface area contributed by atoms with Crippen LogP contribution in [0.25, 0.3) is 0 Å². The van der Waals surface area contributed by atoms with E-state index in [1.54, 1.807) is 35.3 Å². The van der Waals surface area contributed by atoms with Gasteiger partial charge < -0.3 is 15.5 Å². The van der Waals surface area contributed by atoms with Gasteiger partial charge in [0.2, 0.25) is 0 Å². The first-order chi connectivity index (χ1) is 7.70. The van der Waals surface area contributed by atoms with Gasteiger partial charge in [-0.1, -0.05) is 18.2 Å². The third kappa shape index (κ3) is 6.51. The topological polar surface area (TPSA) is 52.6 Å². The fourth-order valence-corrected chi connectivity index (χ4v) is 0.972. The Balaban J connectivity index is 0.000000292. The van der Waals surface area contributed by atoms with E-state index in [0.29, 0.717) is 5.56 Å². The van der Waals surface area contributed by atoms with E-state index < -0.39 is 5.97 Å². The normalized spacial score (nSPS) is 11.7. The van der Waals surface area contributed by atoms with E-state index in [1.807, 2.05) is 24.6 Å². The maximum Gasteiger partial charge on any atom is 1.00 e. The molecule has 0 aromatic heterocycles. The van der Waals surface area contributed by atoms with Gasteiger partial charge in [-0.15, -0.1) is 0 Å². The zero-order valence-electron chi connectivity index (χ0n) is 9.71. The van der Waals surface area contributed by atoms with Crippen molar-refractivity contribution in [1.29, 1.82) is 0 Å². The number of carboxylic acid groups (broad SMARTS) is 1. The molecule has 84 valence electrons. The van der Waals surface area contributed by atoms with Crippen LogP contribution in [0.2, 0.25) is 0 Å². The van der Waals surface area contributed by atoms with Gasteiger partial charge in [0.15, 0.2) is 0 Å². The van der Waals surface area contributed by atoms with Crippen LogP contribution in [-0.2, 0) is 0 Å². The van der Waals surface area contributed by atoms with Gasteiger partial charge in [-0.3, -0.25) is 0 Å². The fraction of sp³-hybridized carbons (Fsp3) is 0. The number of aromatic carboxylic acids is 1. The van der Waals surface area contributed by atoms with Crippen LogP contribution in [0.1, 0.15) is 10.4 Å². The van der Waals surface area contributed by atoms with Crippen LogP contribution < -0.4 is 24.3 Å². The van der Waals surface area contributed by atoms with Gasteiger partial charge in [0.1, 0.15) is 0 Å². The molecule has 0 fully saturated rings. The largest absolute Gasteiger partial charge is 1.00 e. The van der Waals surface area contributed by atoms with Gasteiger partial charge in [0.25, 0.3) is 0 Å². The summed E-state index contributed by atoms with van der Waals surface area (Å²) < 4.78 is 0. The number of carbonyl (C=O) groups is 1. The number of hydrazine groups is 1. The molecule has 0 spiro atoms. The molecule has 17 heavy (non-hydrogen) atoms. The van der Waals surface area contributed by atoms with Gasteiger partial charge in [-0.05, 0) is 30.5 Å². The maximum absolute atomic E-state index is 10.2. The minimum Gasteiger partial charge on any atom is -0.478 e. The first-order valence-corrected chi connectivity index (χ1v) is 4.68. The van der Waals surface area contributed by atoms with Crippen molar-refractivity contribution in [3.05, 3.63) is 67.5 Å². The standard InChI is InChI=1S/C7H6O2.C5H7N2.Li/c8-7(9)6-4-2-1-3-5-6;1-7-5-3-2-4-6-7;/h1-5H,(H,8,9);2-6H,1H2;/q;-1;+1. The minimum atomic E-state index is -0.879. The summed E-state index contributed by atoms with van der Waals surface area (Å²) in [7, 11) is 3.58. The summed E-state index contributed by atoms with van der Waals surface area (Å²) in [6.45, 7) is 0. The van der Waals surface area contributed by atoms with E-state index in [-0.39, 0.29) is 18.9 Å². The number of hydrogen-bond donors (Lipinski definition) is 2. The second kappa shape index (κ2) is 8.51. The zero-order chi connectivity index (χ0) is 11.8. The molecule has 0 radical (unpaired) electrons. The third-order valence-corrected chi connectivity index (χ3v) is 1.73. The molecule has 0 amide bonds. The molecule has 1 aromatic rings. The number of hydrogen-bond acceptors (Lipinski definition) is 3. The average Bonchev–Trinajstić information content (AvgIpc) is 2.32. The molecule has 0 unspecified atom stereocenters. The Morgan fingerprint density at radius 2 is 1.88 bits per heavy atom. The summed E-state index contributed by atoms with van der Waals surface area (Å²) in [6.07, 6.45) is 7.46. The second-order valence-electron chi connectivity index (χ2n) is 2.97. The molecule has 0 bridgehead atoms. The quantitative estimate of drug-likeness (QED) is 0.475. The van der Waals surface area contributed by atoms with Gasteiger partial charge in [-0.2, -0.15) is 0 Å². The third-order valence-electron chi connectivity index (χ3n) is 1.73. The summed E-state index contributed by atoms with van der Waals surface area (Å²) in [4.78, 5) is 10.2. The first-order valence-electron chi connectivity index (χ1n) is 4.68. The Bertz CT molecular complexity index is 391. The summed E-state index contributed by atoms with van der Waals surface area (Å²) >= 11 is 0. The Kier molecular flexibility index (Phi) is 7.69. The van der Waals surface area contributed by atoms with Crippen LogP contribution in [0.3, 0.4) is 0 Å². The molecule has 2 N–H and O–H groups in total. The Hall–Kier alpha value is -1.63. The van der Waals surface area contributed by atoms with Crippen LogP contribution >= 0.6 is 0 Å². The molecule has 1 aliphatic heterocycles. The summed E-state index contributed by atoms with van der Waals surface area (Å²) in [5, 5.41) is 10.0. The summed E-state index contributed by atoms with van der Waals surface area (Å²) in [5.41, 5.74) is 3.17. The van der Waals surface area contributed by atoms with Crippen molar-refractivity contribution in [2.24, 2.45) is 0 Å². The Morgan fingerprint density at radius 1 is 1.24 bits per heavy atom. The molecule has 2 rings (SSSR count). The molecule has 0 aliphatic carbocycles. The zero-order valence-corrected chi connectivity index (χ0v) is 9.71. The van der Waals surface area contributed by atoms with Crippen molar-refractivity contribution in [2.75, 3.05) is 0 Å². The number of nitrogens with one attached hydrogen (secondary N) is 1. The number of nitrogens with zero attached hydrogens (tertiary/aromatic N) is 1. The first kappa shape index (κ1) is 15.4.